The first-order valence-corrected chi connectivity index (χ1v) is 6.94. The van der Waals surface area contributed by atoms with Gasteiger partial charge in [0.2, 0.25) is 5.91 Å². The molecule has 6 heteroatoms. The summed E-state index contributed by atoms with van der Waals surface area (Å²) in [6.45, 7) is 6.68. The molecule has 20 heavy (non-hydrogen) atoms. The van der Waals surface area contributed by atoms with Crippen molar-refractivity contribution in [1.29, 1.82) is 0 Å². The largest absolute Gasteiger partial charge is 0.325 e. The number of aromatic amines is 1. The molecule has 5 nitrogen and oxygen atoms in total. The van der Waals surface area contributed by atoms with E-state index in [1.165, 1.54) is 0 Å². The van der Waals surface area contributed by atoms with Crippen molar-refractivity contribution in [3.63, 3.8) is 0 Å². The van der Waals surface area contributed by atoms with Crippen LogP contribution in [0.4, 0.5) is 5.69 Å². The number of aromatic nitrogens is 3. The standard InChI is InChI=1S/C14H18N4OS/c1-4-18-12(16-17-14(18)20)8-13(19)15-11-7-5-6-9(2)10(11)3/h5-7H,4,8H2,1-3H3,(H,15,19)(H,17,20). The Labute approximate surface area is 123 Å². The first kappa shape index (κ1) is 14.5. The molecular formula is C14H18N4OS. The minimum Gasteiger partial charge on any atom is -0.325 e. The van der Waals surface area contributed by atoms with Crippen LogP contribution in [0.15, 0.2) is 18.2 Å². The highest BCUT2D eigenvalue weighted by atomic mass is 32.1. The van der Waals surface area contributed by atoms with Crippen LogP contribution in [0.5, 0.6) is 0 Å². The number of H-pyrrole nitrogens is 1. The summed E-state index contributed by atoms with van der Waals surface area (Å²) in [5, 5.41) is 9.73. The van der Waals surface area contributed by atoms with Crippen LogP contribution < -0.4 is 5.32 Å². The van der Waals surface area contributed by atoms with Crippen molar-refractivity contribution in [3.05, 3.63) is 39.9 Å². The van der Waals surface area contributed by atoms with Gasteiger partial charge in [0.05, 0.1) is 6.42 Å². The first-order valence-electron chi connectivity index (χ1n) is 6.53. The molecule has 0 radical (unpaired) electrons. The molecule has 0 unspecified atom stereocenters. The van der Waals surface area contributed by atoms with E-state index in [2.05, 4.69) is 15.5 Å². The Morgan fingerprint density at radius 3 is 2.90 bits per heavy atom. The van der Waals surface area contributed by atoms with Gasteiger partial charge in [-0.15, -0.1) is 0 Å². The number of aryl methyl sites for hydroxylation is 1. The lowest BCUT2D eigenvalue weighted by molar-refractivity contribution is -0.115. The molecule has 0 fully saturated rings. The Morgan fingerprint density at radius 2 is 2.20 bits per heavy atom. The number of carbonyl (C=O) groups excluding carboxylic acids is 1. The molecule has 0 saturated heterocycles. The monoisotopic (exact) mass is 290 g/mol. The summed E-state index contributed by atoms with van der Waals surface area (Å²) >= 11 is 5.11. The average Bonchev–Trinajstić information content (AvgIpc) is 2.75. The number of amides is 1. The number of nitrogens with zero attached hydrogens (tertiary/aromatic N) is 2. The van der Waals surface area contributed by atoms with Gasteiger partial charge >= 0.3 is 0 Å². The quantitative estimate of drug-likeness (QED) is 0.851. The number of hydrogen-bond donors (Lipinski definition) is 2. The molecule has 0 aliphatic rings. The zero-order valence-corrected chi connectivity index (χ0v) is 12.7. The third-order valence-corrected chi connectivity index (χ3v) is 3.66. The van der Waals surface area contributed by atoms with Crippen LogP contribution in [0, 0.1) is 18.6 Å². The average molecular weight is 290 g/mol. The number of anilines is 1. The molecule has 1 amide bonds. The molecule has 2 aromatic rings. The van der Waals surface area contributed by atoms with Crippen molar-refractivity contribution in [3.8, 4) is 0 Å². The van der Waals surface area contributed by atoms with Crippen LogP contribution in [0.25, 0.3) is 0 Å². The molecule has 1 heterocycles. The minimum atomic E-state index is -0.0950. The minimum absolute atomic E-state index is 0.0950. The Balaban J connectivity index is 2.13. The van der Waals surface area contributed by atoms with E-state index in [1.807, 2.05) is 43.5 Å². The van der Waals surface area contributed by atoms with Crippen LogP contribution in [0.3, 0.4) is 0 Å². The van der Waals surface area contributed by atoms with Gasteiger partial charge in [0.15, 0.2) is 4.77 Å². The maximum absolute atomic E-state index is 12.1. The second-order valence-electron chi connectivity index (χ2n) is 4.66. The van der Waals surface area contributed by atoms with E-state index >= 15 is 0 Å². The molecule has 2 N–H and O–H groups in total. The number of carbonyl (C=O) groups is 1. The Morgan fingerprint density at radius 1 is 1.45 bits per heavy atom. The van der Waals surface area contributed by atoms with Gasteiger partial charge in [-0.25, -0.2) is 0 Å². The Hall–Kier alpha value is -1.95. The van der Waals surface area contributed by atoms with Gasteiger partial charge in [-0.3, -0.25) is 9.89 Å². The molecule has 0 spiro atoms. The molecular weight excluding hydrogens is 272 g/mol. The van der Waals surface area contributed by atoms with Crippen molar-refractivity contribution < 1.29 is 4.79 Å². The smallest absolute Gasteiger partial charge is 0.232 e. The number of benzene rings is 1. The third-order valence-electron chi connectivity index (χ3n) is 3.35. The predicted octanol–water partition coefficient (Wildman–Crippen LogP) is 2.76. The van der Waals surface area contributed by atoms with Crippen LogP contribution in [-0.4, -0.2) is 20.7 Å². The highest BCUT2D eigenvalue weighted by molar-refractivity contribution is 7.71. The molecule has 0 atom stereocenters. The van der Waals surface area contributed by atoms with Gasteiger partial charge in [-0.2, -0.15) is 5.10 Å². The maximum Gasteiger partial charge on any atom is 0.232 e. The van der Waals surface area contributed by atoms with Crippen LogP contribution in [0.1, 0.15) is 23.9 Å². The van der Waals surface area contributed by atoms with Crippen molar-refractivity contribution in [2.75, 3.05) is 5.32 Å². The maximum atomic E-state index is 12.1. The summed E-state index contributed by atoms with van der Waals surface area (Å²) in [7, 11) is 0. The Kier molecular flexibility index (Phi) is 4.34. The lowest BCUT2D eigenvalue weighted by Gasteiger charge is -2.10. The van der Waals surface area contributed by atoms with E-state index in [-0.39, 0.29) is 12.3 Å². The van der Waals surface area contributed by atoms with Gasteiger partial charge in [-0.1, -0.05) is 12.1 Å². The highest BCUT2D eigenvalue weighted by Crippen LogP contribution is 2.18. The summed E-state index contributed by atoms with van der Waals surface area (Å²) in [5.41, 5.74) is 3.07. The molecule has 0 saturated carbocycles. The fourth-order valence-electron chi connectivity index (χ4n) is 2.04. The third kappa shape index (κ3) is 2.96. The summed E-state index contributed by atoms with van der Waals surface area (Å²) in [5.74, 6) is 0.558. The summed E-state index contributed by atoms with van der Waals surface area (Å²) in [6, 6.07) is 5.85. The summed E-state index contributed by atoms with van der Waals surface area (Å²) < 4.78 is 2.36. The van der Waals surface area contributed by atoms with Crippen molar-refractivity contribution in [2.24, 2.45) is 0 Å². The molecule has 1 aromatic carbocycles. The van der Waals surface area contributed by atoms with Crippen molar-refractivity contribution in [2.45, 2.75) is 33.7 Å². The van der Waals surface area contributed by atoms with E-state index in [1.54, 1.807) is 0 Å². The lowest BCUT2D eigenvalue weighted by Crippen LogP contribution is -2.18. The fourth-order valence-corrected chi connectivity index (χ4v) is 2.32. The summed E-state index contributed by atoms with van der Waals surface area (Å²) in [4.78, 5) is 12.1. The number of hydrogen-bond acceptors (Lipinski definition) is 3. The SMILES string of the molecule is CCn1c(CC(=O)Nc2cccc(C)c2C)n[nH]c1=S. The van der Waals surface area contributed by atoms with Crippen molar-refractivity contribution >= 4 is 23.8 Å². The van der Waals surface area contributed by atoms with Gasteiger partial charge in [0.25, 0.3) is 0 Å². The summed E-state index contributed by atoms with van der Waals surface area (Å²) in [6.07, 6.45) is 0.203. The Bertz CT molecular complexity index is 687. The zero-order valence-electron chi connectivity index (χ0n) is 11.9. The second-order valence-corrected chi connectivity index (χ2v) is 5.05. The van der Waals surface area contributed by atoms with Gasteiger partial charge in [0, 0.05) is 12.2 Å². The highest BCUT2D eigenvalue weighted by Gasteiger charge is 2.11. The molecule has 0 aliphatic heterocycles. The van der Waals surface area contributed by atoms with E-state index < -0.39 is 0 Å². The lowest BCUT2D eigenvalue weighted by atomic mass is 10.1. The number of rotatable bonds is 4. The molecule has 0 aliphatic carbocycles. The molecule has 0 bridgehead atoms. The molecule has 106 valence electrons. The molecule has 2 rings (SSSR count). The predicted molar refractivity (Wildman–Crippen MR) is 81.3 cm³/mol. The molecule has 1 aromatic heterocycles. The first-order chi connectivity index (χ1) is 9.52. The fraction of sp³-hybridized carbons (Fsp3) is 0.357. The van der Waals surface area contributed by atoms with Gasteiger partial charge in [-0.05, 0) is 50.2 Å². The zero-order chi connectivity index (χ0) is 14.7. The van der Waals surface area contributed by atoms with Crippen molar-refractivity contribution in [1.82, 2.24) is 14.8 Å². The number of nitrogens with one attached hydrogen (secondary N) is 2. The van der Waals surface area contributed by atoms with E-state index in [0.717, 1.165) is 16.8 Å². The van der Waals surface area contributed by atoms with Crippen LogP contribution in [0.2, 0.25) is 0 Å². The topological polar surface area (TPSA) is 62.7 Å². The van der Waals surface area contributed by atoms with Gasteiger partial charge in [0.1, 0.15) is 5.82 Å². The van der Waals surface area contributed by atoms with E-state index in [4.69, 9.17) is 12.2 Å². The van der Waals surface area contributed by atoms with Crippen LogP contribution in [-0.2, 0) is 17.8 Å². The van der Waals surface area contributed by atoms with Crippen LogP contribution >= 0.6 is 12.2 Å². The van der Waals surface area contributed by atoms with E-state index in [0.29, 0.717) is 17.1 Å². The van der Waals surface area contributed by atoms with Gasteiger partial charge < -0.3 is 9.88 Å². The normalized spacial score (nSPS) is 10.6. The van der Waals surface area contributed by atoms with E-state index in [9.17, 15) is 4.79 Å². The second kappa shape index (κ2) is 6.00.